The van der Waals surface area contributed by atoms with Crippen molar-refractivity contribution in [2.75, 3.05) is 6.54 Å². The lowest BCUT2D eigenvalue weighted by molar-refractivity contribution is -0.139. The molecule has 0 spiro atoms. The summed E-state index contributed by atoms with van der Waals surface area (Å²) in [5, 5.41) is 11.9. The number of carbonyl (C=O) groups is 2. The summed E-state index contributed by atoms with van der Waals surface area (Å²) in [7, 11) is 0. The Morgan fingerprint density at radius 1 is 1.19 bits per heavy atom. The highest BCUT2D eigenvalue weighted by Crippen LogP contribution is 2.26. The molecular formula is C16H32N2O3. The summed E-state index contributed by atoms with van der Waals surface area (Å²) >= 11 is 0. The second kappa shape index (κ2) is 9.77. The van der Waals surface area contributed by atoms with Gasteiger partial charge >= 0.3 is 5.97 Å². The highest BCUT2D eigenvalue weighted by molar-refractivity contribution is 5.81. The minimum atomic E-state index is -0.821. The molecule has 0 aliphatic heterocycles. The van der Waals surface area contributed by atoms with Crippen LogP contribution in [0.2, 0.25) is 0 Å². The molecule has 0 aliphatic rings. The fraction of sp³-hybridized carbons (Fsp3) is 0.875. The number of carboxylic acid groups (broad SMARTS) is 1. The van der Waals surface area contributed by atoms with Crippen LogP contribution in [0.1, 0.15) is 53.9 Å². The Balaban J connectivity index is 4.63. The van der Waals surface area contributed by atoms with Crippen LogP contribution in [0.4, 0.5) is 0 Å². The number of nitrogens with one attached hydrogen (secondary N) is 1. The van der Waals surface area contributed by atoms with Gasteiger partial charge in [0.25, 0.3) is 0 Å². The van der Waals surface area contributed by atoms with Crippen LogP contribution in [0.15, 0.2) is 0 Å². The molecule has 0 heterocycles. The number of hydrogen-bond acceptors (Lipinski definition) is 3. The van der Waals surface area contributed by atoms with Crippen LogP contribution in [-0.4, -0.2) is 29.6 Å². The number of carbonyl (C=O) groups excluding carboxylic acids is 1. The summed E-state index contributed by atoms with van der Waals surface area (Å²) in [4.78, 5) is 23.0. The summed E-state index contributed by atoms with van der Waals surface area (Å²) < 4.78 is 0. The van der Waals surface area contributed by atoms with Crippen molar-refractivity contribution in [3.05, 3.63) is 0 Å². The molecule has 1 amide bonds. The standard InChI is InChI=1S/C16H32N2O3/c1-6-7-11(4)12(5)13(8-14(19)20)9-18-16(21)15(17)10(2)3/h10-13,15H,6-9,17H2,1-5H3,(H,18,21)(H,19,20)/t11?,12?,13?,15-/m0/s1. The first kappa shape index (κ1) is 19.9. The zero-order valence-corrected chi connectivity index (χ0v) is 14.1. The molecule has 0 aliphatic carbocycles. The molecule has 0 aromatic carbocycles. The summed E-state index contributed by atoms with van der Waals surface area (Å²) in [6, 6.07) is -0.543. The molecule has 0 aromatic rings. The zero-order valence-electron chi connectivity index (χ0n) is 14.1. The fourth-order valence-corrected chi connectivity index (χ4v) is 2.50. The Morgan fingerprint density at radius 3 is 2.19 bits per heavy atom. The summed E-state index contributed by atoms with van der Waals surface area (Å²) in [6.07, 6.45) is 2.22. The molecule has 3 unspecified atom stereocenters. The van der Waals surface area contributed by atoms with Crippen LogP contribution in [0, 0.1) is 23.7 Å². The first-order chi connectivity index (χ1) is 9.70. The van der Waals surface area contributed by atoms with Crippen LogP contribution in [0.5, 0.6) is 0 Å². The van der Waals surface area contributed by atoms with E-state index in [1.807, 2.05) is 13.8 Å². The van der Waals surface area contributed by atoms with Crippen LogP contribution >= 0.6 is 0 Å². The summed E-state index contributed by atoms with van der Waals surface area (Å²) in [6.45, 7) is 10.5. The van der Waals surface area contributed by atoms with Gasteiger partial charge in [-0.1, -0.05) is 47.5 Å². The Hall–Kier alpha value is -1.10. The lowest BCUT2D eigenvalue weighted by Gasteiger charge is -2.28. The lowest BCUT2D eigenvalue weighted by Crippen LogP contribution is -2.46. The SMILES string of the molecule is CCCC(C)C(C)C(CNC(=O)[C@@H](N)C(C)C)CC(=O)O. The van der Waals surface area contributed by atoms with Gasteiger partial charge in [0.15, 0.2) is 0 Å². The monoisotopic (exact) mass is 300 g/mol. The van der Waals surface area contributed by atoms with Crippen molar-refractivity contribution < 1.29 is 14.7 Å². The van der Waals surface area contributed by atoms with Gasteiger partial charge in [-0.25, -0.2) is 0 Å². The first-order valence-corrected chi connectivity index (χ1v) is 7.95. The van der Waals surface area contributed by atoms with E-state index in [0.717, 1.165) is 12.8 Å². The van der Waals surface area contributed by atoms with Gasteiger partial charge in [-0.05, 0) is 23.7 Å². The molecule has 0 aromatic heterocycles. The fourth-order valence-electron chi connectivity index (χ4n) is 2.50. The largest absolute Gasteiger partial charge is 0.481 e. The maximum absolute atomic E-state index is 11.9. The Labute approximate surface area is 128 Å². The van der Waals surface area contributed by atoms with Crippen molar-refractivity contribution in [3.8, 4) is 0 Å². The number of rotatable bonds is 10. The maximum Gasteiger partial charge on any atom is 0.303 e. The zero-order chi connectivity index (χ0) is 16.6. The lowest BCUT2D eigenvalue weighted by atomic mass is 9.80. The molecule has 0 saturated carbocycles. The van der Waals surface area contributed by atoms with Crippen LogP contribution in [0.25, 0.3) is 0 Å². The molecule has 0 fully saturated rings. The summed E-state index contributed by atoms with van der Waals surface area (Å²) in [5.41, 5.74) is 5.80. The smallest absolute Gasteiger partial charge is 0.303 e. The minimum absolute atomic E-state index is 0.0626. The normalized spacial score (nSPS) is 17.1. The van der Waals surface area contributed by atoms with E-state index < -0.39 is 12.0 Å². The molecule has 4 N–H and O–H groups in total. The van der Waals surface area contributed by atoms with Gasteiger partial charge in [0.1, 0.15) is 0 Å². The van der Waals surface area contributed by atoms with E-state index in [1.165, 1.54) is 0 Å². The van der Waals surface area contributed by atoms with E-state index in [-0.39, 0.29) is 30.1 Å². The van der Waals surface area contributed by atoms with Crippen molar-refractivity contribution in [2.24, 2.45) is 29.4 Å². The predicted molar refractivity (Wildman–Crippen MR) is 84.8 cm³/mol. The third kappa shape index (κ3) is 7.46. The number of hydrogen-bond donors (Lipinski definition) is 3. The van der Waals surface area contributed by atoms with E-state index in [1.54, 1.807) is 0 Å². The predicted octanol–water partition coefficient (Wildman–Crippen LogP) is 2.25. The van der Waals surface area contributed by atoms with Gasteiger partial charge in [-0.15, -0.1) is 0 Å². The van der Waals surface area contributed by atoms with Gasteiger partial charge in [0.05, 0.1) is 12.5 Å². The van der Waals surface area contributed by atoms with Crippen LogP contribution in [-0.2, 0) is 9.59 Å². The maximum atomic E-state index is 11.9. The third-order valence-electron chi connectivity index (χ3n) is 4.38. The average Bonchev–Trinajstić information content (AvgIpc) is 2.40. The average molecular weight is 300 g/mol. The molecule has 0 rings (SSSR count). The van der Waals surface area contributed by atoms with E-state index in [9.17, 15) is 9.59 Å². The van der Waals surface area contributed by atoms with Gasteiger partial charge in [0, 0.05) is 6.54 Å². The number of carboxylic acids is 1. The van der Waals surface area contributed by atoms with Gasteiger partial charge < -0.3 is 16.2 Å². The van der Waals surface area contributed by atoms with E-state index in [4.69, 9.17) is 10.8 Å². The van der Waals surface area contributed by atoms with Gasteiger partial charge in [-0.2, -0.15) is 0 Å². The second-order valence-electron chi connectivity index (χ2n) is 6.50. The van der Waals surface area contributed by atoms with E-state index in [2.05, 4.69) is 26.1 Å². The van der Waals surface area contributed by atoms with E-state index in [0.29, 0.717) is 12.5 Å². The van der Waals surface area contributed by atoms with Crippen molar-refractivity contribution in [1.29, 1.82) is 0 Å². The Bertz CT molecular complexity index is 331. The van der Waals surface area contributed by atoms with Gasteiger partial charge in [-0.3, -0.25) is 9.59 Å². The number of nitrogens with two attached hydrogens (primary N) is 1. The topological polar surface area (TPSA) is 92.4 Å². The summed E-state index contributed by atoms with van der Waals surface area (Å²) in [5.74, 6) is -0.327. The third-order valence-corrected chi connectivity index (χ3v) is 4.38. The molecule has 5 heteroatoms. The van der Waals surface area contributed by atoms with E-state index >= 15 is 0 Å². The Kier molecular flexibility index (Phi) is 9.26. The Morgan fingerprint density at radius 2 is 1.76 bits per heavy atom. The second-order valence-corrected chi connectivity index (χ2v) is 6.50. The highest BCUT2D eigenvalue weighted by Gasteiger charge is 2.26. The number of aliphatic carboxylic acids is 1. The molecule has 0 radical (unpaired) electrons. The molecule has 4 atom stereocenters. The molecular weight excluding hydrogens is 268 g/mol. The van der Waals surface area contributed by atoms with Crippen molar-refractivity contribution >= 4 is 11.9 Å². The minimum Gasteiger partial charge on any atom is -0.481 e. The molecule has 124 valence electrons. The van der Waals surface area contributed by atoms with Crippen LogP contribution in [0.3, 0.4) is 0 Å². The molecule has 21 heavy (non-hydrogen) atoms. The van der Waals surface area contributed by atoms with Crippen molar-refractivity contribution in [1.82, 2.24) is 5.32 Å². The highest BCUT2D eigenvalue weighted by atomic mass is 16.4. The van der Waals surface area contributed by atoms with Gasteiger partial charge in [0.2, 0.25) is 5.91 Å². The molecule has 5 nitrogen and oxygen atoms in total. The van der Waals surface area contributed by atoms with Crippen LogP contribution < -0.4 is 11.1 Å². The number of amides is 1. The first-order valence-electron chi connectivity index (χ1n) is 7.95. The van der Waals surface area contributed by atoms with Crippen molar-refractivity contribution in [3.63, 3.8) is 0 Å². The quantitative estimate of drug-likeness (QED) is 0.577. The molecule has 0 bridgehead atoms. The van der Waals surface area contributed by atoms with Crippen molar-refractivity contribution in [2.45, 2.75) is 59.9 Å². The molecule has 0 saturated heterocycles.